The molecule has 0 aliphatic heterocycles. The number of benzene rings is 2. The van der Waals surface area contributed by atoms with Gasteiger partial charge in [-0.3, -0.25) is 13.9 Å². The Hall–Kier alpha value is -2.94. The third kappa shape index (κ3) is 8.78. The fraction of sp³-hybridized carbons (Fsp3) is 0.533. The van der Waals surface area contributed by atoms with Crippen LogP contribution in [0.3, 0.4) is 0 Å². The molecule has 0 aromatic heterocycles. The van der Waals surface area contributed by atoms with Gasteiger partial charge in [0.05, 0.1) is 11.9 Å². The Kier molecular flexibility index (Phi) is 10.9. The summed E-state index contributed by atoms with van der Waals surface area (Å²) >= 11 is 0. The summed E-state index contributed by atoms with van der Waals surface area (Å²) in [6.07, 6.45) is 7.17. The van der Waals surface area contributed by atoms with E-state index in [1.807, 2.05) is 32.9 Å². The molecule has 1 fully saturated rings. The molecule has 0 radical (unpaired) electrons. The first kappa shape index (κ1) is 30.6. The molecule has 1 aliphatic rings. The quantitative estimate of drug-likeness (QED) is 0.385. The summed E-state index contributed by atoms with van der Waals surface area (Å²) in [6.45, 7) is 6.08. The lowest BCUT2D eigenvalue weighted by molar-refractivity contribution is -0.141. The largest absolute Gasteiger partial charge is 0.352 e. The molecule has 0 bridgehead atoms. The Labute approximate surface area is 232 Å². The van der Waals surface area contributed by atoms with Gasteiger partial charge in [-0.05, 0) is 80.5 Å². The van der Waals surface area contributed by atoms with Crippen LogP contribution in [0.5, 0.6) is 0 Å². The van der Waals surface area contributed by atoms with Gasteiger partial charge >= 0.3 is 0 Å². The number of nitrogens with one attached hydrogen (secondary N) is 1. The lowest BCUT2D eigenvalue weighted by atomic mass is 9.95. The van der Waals surface area contributed by atoms with Crippen molar-refractivity contribution >= 4 is 27.5 Å². The first-order chi connectivity index (χ1) is 18.5. The molecule has 9 heteroatoms. The highest BCUT2D eigenvalue weighted by Crippen LogP contribution is 2.23. The van der Waals surface area contributed by atoms with Gasteiger partial charge in [-0.15, -0.1) is 0 Å². The third-order valence-electron chi connectivity index (χ3n) is 7.53. The Morgan fingerprint density at radius 3 is 2.28 bits per heavy atom. The Morgan fingerprint density at radius 2 is 1.69 bits per heavy atom. The zero-order chi connectivity index (χ0) is 28.6. The molecule has 2 amide bonds. The second-order valence-corrected chi connectivity index (χ2v) is 12.5. The minimum atomic E-state index is -3.56. The average molecular weight is 560 g/mol. The third-order valence-corrected chi connectivity index (χ3v) is 8.73. The highest BCUT2D eigenvalue weighted by Gasteiger charge is 2.30. The number of sulfonamides is 1. The van der Waals surface area contributed by atoms with Gasteiger partial charge in [0.1, 0.15) is 11.9 Å². The number of anilines is 1. The van der Waals surface area contributed by atoms with Crippen molar-refractivity contribution in [1.82, 2.24) is 10.2 Å². The number of rotatable bonds is 12. The van der Waals surface area contributed by atoms with E-state index >= 15 is 0 Å². The maximum Gasteiger partial charge on any atom is 0.243 e. The molecule has 1 atom stereocenters. The average Bonchev–Trinajstić information content (AvgIpc) is 2.89. The fourth-order valence-corrected chi connectivity index (χ4v) is 6.09. The molecule has 0 saturated heterocycles. The van der Waals surface area contributed by atoms with E-state index in [0.29, 0.717) is 18.5 Å². The van der Waals surface area contributed by atoms with Gasteiger partial charge in [-0.25, -0.2) is 12.8 Å². The molecule has 39 heavy (non-hydrogen) atoms. The maximum absolute atomic E-state index is 13.6. The summed E-state index contributed by atoms with van der Waals surface area (Å²) in [7, 11) is -3.56. The number of carbonyl (C=O) groups is 2. The minimum Gasteiger partial charge on any atom is -0.352 e. The van der Waals surface area contributed by atoms with Crippen LogP contribution in [0, 0.1) is 19.7 Å². The number of hydrogen-bond acceptors (Lipinski definition) is 4. The predicted octanol–water partition coefficient (Wildman–Crippen LogP) is 5.25. The molecule has 1 N–H and O–H groups in total. The van der Waals surface area contributed by atoms with Crippen molar-refractivity contribution in [3.8, 4) is 0 Å². The van der Waals surface area contributed by atoms with Crippen molar-refractivity contribution < 1.29 is 22.4 Å². The second-order valence-electron chi connectivity index (χ2n) is 10.6. The summed E-state index contributed by atoms with van der Waals surface area (Å²) in [5.74, 6) is -0.780. The van der Waals surface area contributed by atoms with Gasteiger partial charge in [-0.1, -0.05) is 44.4 Å². The van der Waals surface area contributed by atoms with Crippen molar-refractivity contribution in [3.05, 3.63) is 65.0 Å². The monoisotopic (exact) mass is 559 g/mol. The smallest absolute Gasteiger partial charge is 0.243 e. The van der Waals surface area contributed by atoms with Gasteiger partial charge in [0.15, 0.2) is 0 Å². The number of nitrogens with zero attached hydrogens (tertiary/aromatic N) is 2. The van der Waals surface area contributed by atoms with Gasteiger partial charge < -0.3 is 10.2 Å². The first-order valence-electron chi connectivity index (χ1n) is 13.9. The summed E-state index contributed by atoms with van der Waals surface area (Å²) < 4.78 is 40.0. The van der Waals surface area contributed by atoms with Gasteiger partial charge in [0.2, 0.25) is 21.8 Å². The minimum absolute atomic E-state index is 0.0747. The second kappa shape index (κ2) is 13.9. The van der Waals surface area contributed by atoms with Crippen molar-refractivity contribution in [2.24, 2.45) is 0 Å². The maximum atomic E-state index is 13.6. The molecule has 214 valence electrons. The lowest BCUT2D eigenvalue weighted by Gasteiger charge is -2.33. The van der Waals surface area contributed by atoms with E-state index in [2.05, 4.69) is 5.32 Å². The van der Waals surface area contributed by atoms with Crippen LogP contribution in [0.1, 0.15) is 75.0 Å². The van der Waals surface area contributed by atoms with Crippen molar-refractivity contribution in [2.45, 2.75) is 90.8 Å². The Balaban J connectivity index is 1.76. The number of hydrogen-bond donors (Lipinski definition) is 1. The van der Waals surface area contributed by atoms with Crippen LogP contribution < -0.4 is 9.62 Å². The molecule has 0 unspecified atom stereocenters. The fourth-order valence-electron chi connectivity index (χ4n) is 5.13. The Bertz CT molecular complexity index is 1230. The summed E-state index contributed by atoms with van der Waals surface area (Å²) in [6, 6.07) is 10.9. The molecule has 2 aromatic rings. The SMILES string of the molecule is CC[C@H](C(=O)NC1CCCCC1)N(Cc1ccc(F)cc1)C(=O)CCCN(c1ccc(C)c(C)c1)S(C)(=O)=O. The van der Waals surface area contributed by atoms with E-state index in [0.717, 1.165) is 48.6 Å². The number of aryl methyl sites for hydroxylation is 2. The van der Waals surface area contributed by atoms with Crippen LogP contribution in [0.4, 0.5) is 10.1 Å². The molecule has 1 aliphatic carbocycles. The molecule has 3 rings (SSSR count). The summed E-state index contributed by atoms with van der Waals surface area (Å²) in [4.78, 5) is 28.5. The molecular formula is C30H42FN3O4S. The molecule has 7 nitrogen and oxygen atoms in total. The van der Waals surface area contributed by atoms with Gasteiger partial charge in [0.25, 0.3) is 0 Å². The molecule has 0 spiro atoms. The van der Waals surface area contributed by atoms with E-state index in [1.165, 1.54) is 22.9 Å². The van der Waals surface area contributed by atoms with E-state index < -0.39 is 16.1 Å². The highest BCUT2D eigenvalue weighted by atomic mass is 32.2. The summed E-state index contributed by atoms with van der Waals surface area (Å²) in [5, 5.41) is 3.15. The highest BCUT2D eigenvalue weighted by molar-refractivity contribution is 7.92. The van der Waals surface area contributed by atoms with Crippen molar-refractivity contribution in [2.75, 3.05) is 17.1 Å². The van der Waals surface area contributed by atoms with E-state index in [1.54, 1.807) is 23.1 Å². The van der Waals surface area contributed by atoms with Crippen LogP contribution in [0.2, 0.25) is 0 Å². The van der Waals surface area contributed by atoms with Crippen LogP contribution in [-0.4, -0.2) is 50.0 Å². The first-order valence-corrected chi connectivity index (χ1v) is 15.7. The number of amides is 2. The van der Waals surface area contributed by atoms with Crippen LogP contribution in [-0.2, 0) is 26.2 Å². The van der Waals surface area contributed by atoms with Crippen molar-refractivity contribution in [1.29, 1.82) is 0 Å². The van der Waals surface area contributed by atoms with Gasteiger partial charge in [-0.2, -0.15) is 0 Å². The predicted molar refractivity (Wildman–Crippen MR) is 153 cm³/mol. The summed E-state index contributed by atoms with van der Waals surface area (Å²) in [5.41, 5.74) is 3.34. The standard InChI is InChI=1S/C30H42FN3O4S/c1-5-28(30(36)32-26-10-7-6-8-11-26)33(21-24-14-16-25(31)17-15-24)29(35)12-9-19-34(39(4,37)38)27-18-13-22(2)23(3)20-27/h13-18,20,26,28H,5-12,19,21H2,1-4H3,(H,32,36)/t28-/m1/s1. The number of halogens is 1. The normalized spacial score (nSPS) is 15.0. The van der Waals surface area contributed by atoms with E-state index in [9.17, 15) is 22.4 Å². The van der Waals surface area contributed by atoms with Crippen LogP contribution in [0.15, 0.2) is 42.5 Å². The van der Waals surface area contributed by atoms with Crippen LogP contribution in [0.25, 0.3) is 0 Å². The molecule has 0 heterocycles. The van der Waals surface area contributed by atoms with Gasteiger partial charge in [0, 0.05) is 25.6 Å². The topological polar surface area (TPSA) is 86.8 Å². The molecular weight excluding hydrogens is 517 g/mol. The van der Waals surface area contributed by atoms with Crippen molar-refractivity contribution in [3.63, 3.8) is 0 Å². The molecule has 2 aromatic carbocycles. The Morgan fingerprint density at radius 1 is 1.03 bits per heavy atom. The van der Waals surface area contributed by atoms with E-state index in [-0.39, 0.29) is 43.2 Å². The lowest BCUT2D eigenvalue weighted by Crippen LogP contribution is -2.51. The number of carbonyl (C=O) groups excluding carboxylic acids is 2. The molecule has 1 saturated carbocycles. The zero-order valence-corrected chi connectivity index (χ0v) is 24.4. The zero-order valence-electron chi connectivity index (χ0n) is 23.6. The van der Waals surface area contributed by atoms with E-state index in [4.69, 9.17) is 0 Å². The van der Waals surface area contributed by atoms with Crippen LogP contribution >= 0.6 is 0 Å².